The van der Waals surface area contributed by atoms with Crippen LogP contribution in [0, 0.1) is 0 Å². The molecule has 6 heteroatoms. The van der Waals surface area contributed by atoms with Gasteiger partial charge < -0.3 is 10.3 Å². The van der Waals surface area contributed by atoms with E-state index in [1.807, 2.05) is 24.7 Å². The molecule has 31 heavy (non-hydrogen) atoms. The molecule has 0 radical (unpaired) electrons. The molecule has 0 aliphatic heterocycles. The van der Waals surface area contributed by atoms with Crippen LogP contribution in [0.15, 0.2) is 59.9 Å². The molecule has 0 amide bonds. The van der Waals surface area contributed by atoms with Gasteiger partial charge in [-0.15, -0.1) is 11.8 Å². The Bertz CT molecular complexity index is 1160. The lowest BCUT2D eigenvalue weighted by molar-refractivity contribution is 0.615. The van der Waals surface area contributed by atoms with Crippen LogP contribution in [0.25, 0.3) is 33.4 Å². The first-order chi connectivity index (χ1) is 15.3. The highest BCUT2D eigenvalue weighted by Gasteiger charge is 2.15. The van der Waals surface area contributed by atoms with E-state index in [4.69, 9.17) is 4.98 Å². The maximum atomic E-state index is 4.84. The van der Waals surface area contributed by atoms with Crippen LogP contribution in [-0.2, 0) is 0 Å². The average molecular weight is 430 g/mol. The number of hydrogen-bond acceptors (Lipinski definition) is 5. The van der Waals surface area contributed by atoms with Gasteiger partial charge in [0.1, 0.15) is 5.65 Å². The summed E-state index contributed by atoms with van der Waals surface area (Å²) in [5.41, 5.74) is 5.10. The monoisotopic (exact) mass is 429 g/mol. The van der Waals surface area contributed by atoms with E-state index in [0.717, 1.165) is 39.4 Å². The Morgan fingerprint density at radius 3 is 2.55 bits per heavy atom. The zero-order valence-electron chi connectivity index (χ0n) is 17.8. The van der Waals surface area contributed by atoms with Crippen LogP contribution in [0.4, 0.5) is 5.95 Å². The van der Waals surface area contributed by atoms with Crippen molar-refractivity contribution in [1.82, 2.24) is 19.9 Å². The summed E-state index contributed by atoms with van der Waals surface area (Å²) in [7, 11) is 0. The Morgan fingerprint density at radius 2 is 1.77 bits per heavy atom. The molecule has 5 rings (SSSR count). The SMILES string of the molecule is CSc1ccc(-c2cnc3[nH]cc(-c4ccnc(NC5CCCCCC5)n4)c3c2)cc1. The van der Waals surface area contributed by atoms with Crippen LogP contribution in [0.2, 0.25) is 0 Å². The van der Waals surface area contributed by atoms with Gasteiger partial charge in [0.05, 0.1) is 5.69 Å². The maximum Gasteiger partial charge on any atom is 0.223 e. The number of benzene rings is 1. The zero-order valence-corrected chi connectivity index (χ0v) is 18.6. The number of rotatable bonds is 5. The van der Waals surface area contributed by atoms with Crippen molar-refractivity contribution in [3.63, 3.8) is 0 Å². The zero-order chi connectivity index (χ0) is 21.0. The fraction of sp³-hybridized carbons (Fsp3) is 0.320. The molecule has 0 saturated heterocycles. The summed E-state index contributed by atoms with van der Waals surface area (Å²) in [6.45, 7) is 0. The van der Waals surface area contributed by atoms with E-state index in [9.17, 15) is 0 Å². The fourth-order valence-corrected chi connectivity index (χ4v) is 4.75. The van der Waals surface area contributed by atoms with Crippen molar-refractivity contribution in [1.29, 1.82) is 0 Å². The predicted octanol–water partition coefficient (Wildman–Crippen LogP) is 6.54. The molecule has 1 fully saturated rings. The van der Waals surface area contributed by atoms with Gasteiger partial charge in [0.2, 0.25) is 5.95 Å². The van der Waals surface area contributed by atoms with E-state index < -0.39 is 0 Å². The van der Waals surface area contributed by atoms with E-state index in [2.05, 4.69) is 56.9 Å². The second-order valence-corrected chi connectivity index (χ2v) is 9.03. The van der Waals surface area contributed by atoms with Crippen LogP contribution in [0.1, 0.15) is 38.5 Å². The van der Waals surface area contributed by atoms with E-state index >= 15 is 0 Å². The molecule has 2 N–H and O–H groups in total. The van der Waals surface area contributed by atoms with Gasteiger partial charge >= 0.3 is 0 Å². The van der Waals surface area contributed by atoms with Crippen LogP contribution in [0.5, 0.6) is 0 Å². The minimum Gasteiger partial charge on any atom is -0.351 e. The number of aromatic nitrogens is 4. The van der Waals surface area contributed by atoms with Gasteiger partial charge in [-0.3, -0.25) is 0 Å². The summed E-state index contributed by atoms with van der Waals surface area (Å²) >= 11 is 1.75. The van der Waals surface area contributed by atoms with Gasteiger partial charge in [-0.25, -0.2) is 15.0 Å². The Morgan fingerprint density at radius 1 is 0.968 bits per heavy atom. The Kier molecular flexibility index (Phi) is 5.89. The summed E-state index contributed by atoms with van der Waals surface area (Å²) in [5.74, 6) is 0.718. The highest BCUT2D eigenvalue weighted by atomic mass is 32.2. The molecular formula is C25H27N5S. The minimum atomic E-state index is 0.471. The third-order valence-corrected chi connectivity index (χ3v) is 6.82. The molecule has 3 heterocycles. The van der Waals surface area contributed by atoms with Crippen LogP contribution in [0.3, 0.4) is 0 Å². The van der Waals surface area contributed by atoms with Gasteiger partial charge in [0, 0.05) is 46.0 Å². The summed E-state index contributed by atoms with van der Waals surface area (Å²) in [5, 5.41) is 4.64. The van der Waals surface area contributed by atoms with Crippen molar-refractivity contribution in [3.05, 3.63) is 55.0 Å². The molecule has 0 spiro atoms. The second-order valence-electron chi connectivity index (χ2n) is 8.15. The molecule has 1 saturated carbocycles. The number of fused-ring (bicyclic) bond motifs is 1. The molecule has 5 nitrogen and oxygen atoms in total. The van der Waals surface area contributed by atoms with E-state index in [1.165, 1.54) is 43.4 Å². The quantitative estimate of drug-likeness (QED) is 0.278. The largest absolute Gasteiger partial charge is 0.351 e. The number of hydrogen-bond donors (Lipinski definition) is 2. The number of nitrogens with zero attached hydrogens (tertiary/aromatic N) is 3. The number of pyridine rings is 1. The van der Waals surface area contributed by atoms with E-state index in [1.54, 1.807) is 11.8 Å². The summed E-state index contributed by atoms with van der Waals surface area (Å²) in [6.07, 6.45) is 15.5. The normalized spacial score (nSPS) is 15.1. The molecule has 158 valence electrons. The molecule has 1 aliphatic rings. The minimum absolute atomic E-state index is 0.471. The van der Waals surface area contributed by atoms with Gasteiger partial charge in [0.15, 0.2) is 0 Å². The first-order valence-corrected chi connectivity index (χ1v) is 12.2. The smallest absolute Gasteiger partial charge is 0.223 e. The van der Waals surface area contributed by atoms with Crippen molar-refractivity contribution < 1.29 is 0 Å². The van der Waals surface area contributed by atoms with E-state index in [-0.39, 0.29) is 0 Å². The number of anilines is 1. The molecular weight excluding hydrogens is 402 g/mol. The molecule has 0 unspecified atom stereocenters. The van der Waals surface area contributed by atoms with Crippen molar-refractivity contribution in [2.75, 3.05) is 11.6 Å². The fourth-order valence-electron chi connectivity index (χ4n) is 4.34. The molecule has 0 atom stereocenters. The molecule has 3 aromatic heterocycles. The first-order valence-electron chi connectivity index (χ1n) is 11.0. The third kappa shape index (κ3) is 4.44. The maximum absolute atomic E-state index is 4.84. The standard InChI is InChI=1S/C25H27N5S/c1-31-20-10-8-17(9-11-20)18-14-21-22(16-28-24(21)27-15-18)23-12-13-26-25(30-23)29-19-6-4-2-3-5-7-19/h8-16,19H,2-7H2,1H3,(H,27,28)(H,26,29,30). The number of H-pyrrole nitrogens is 1. The van der Waals surface area contributed by atoms with E-state index in [0.29, 0.717) is 6.04 Å². The molecule has 1 aromatic carbocycles. The molecule has 1 aliphatic carbocycles. The lowest BCUT2D eigenvalue weighted by atomic mass is 10.0. The Hall–Kier alpha value is -2.86. The van der Waals surface area contributed by atoms with Gasteiger partial charge in [0.25, 0.3) is 0 Å². The topological polar surface area (TPSA) is 66.5 Å². The summed E-state index contributed by atoms with van der Waals surface area (Å²) in [6, 6.07) is 13.2. The lowest BCUT2D eigenvalue weighted by Gasteiger charge is -2.16. The number of aromatic amines is 1. The summed E-state index contributed by atoms with van der Waals surface area (Å²) < 4.78 is 0. The van der Waals surface area contributed by atoms with Gasteiger partial charge in [-0.2, -0.15) is 0 Å². The van der Waals surface area contributed by atoms with Crippen LogP contribution in [-0.4, -0.2) is 32.2 Å². The number of nitrogens with one attached hydrogen (secondary N) is 2. The first kappa shape index (κ1) is 20.1. The predicted molar refractivity (Wildman–Crippen MR) is 129 cm³/mol. The van der Waals surface area contributed by atoms with Crippen molar-refractivity contribution in [2.45, 2.75) is 49.5 Å². The lowest BCUT2D eigenvalue weighted by Crippen LogP contribution is -2.19. The average Bonchev–Trinajstić information content (AvgIpc) is 3.07. The van der Waals surface area contributed by atoms with Crippen molar-refractivity contribution >= 4 is 28.7 Å². The van der Waals surface area contributed by atoms with Gasteiger partial charge in [-0.05, 0) is 48.9 Å². The van der Waals surface area contributed by atoms with Crippen LogP contribution >= 0.6 is 11.8 Å². The summed E-state index contributed by atoms with van der Waals surface area (Å²) in [4.78, 5) is 18.5. The highest BCUT2D eigenvalue weighted by molar-refractivity contribution is 7.98. The van der Waals surface area contributed by atoms with Crippen molar-refractivity contribution in [3.8, 4) is 22.4 Å². The Balaban J connectivity index is 1.45. The van der Waals surface area contributed by atoms with Crippen LogP contribution < -0.4 is 5.32 Å². The Labute approximate surface area is 187 Å². The van der Waals surface area contributed by atoms with Gasteiger partial charge in [-0.1, -0.05) is 37.8 Å². The second kappa shape index (κ2) is 9.10. The number of thioether (sulfide) groups is 1. The molecule has 4 aromatic rings. The third-order valence-electron chi connectivity index (χ3n) is 6.07. The highest BCUT2D eigenvalue weighted by Crippen LogP contribution is 2.31. The molecule has 0 bridgehead atoms. The van der Waals surface area contributed by atoms with Crippen molar-refractivity contribution in [2.24, 2.45) is 0 Å².